The molecule has 7 nitrogen and oxygen atoms in total. The molecule has 0 fully saturated rings. The fourth-order valence-electron chi connectivity index (χ4n) is 4.06. The number of alkyl halides is 2. The Morgan fingerprint density at radius 3 is 2.85 bits per heavy atom. The molecule has 2 N–H and O–H groups in total. The van der Waals surface area contributed by atoms with Crippen LogP contribution in [0, 0.1) is 5.82 Å². The van der Waals surface area contributed by atoms with Crippen LogP contribution in [0.3, 0.4) is 0 Å². The number of nitrogens with zero attached hydrogens (tertiary/aromatic N) is 5. The number of fused-ring (bicyclic) bond motifs is 7. The highest BCUT2D eigenvalue weighted by Gasteiger charge is 2.24. The van der Waals surface area contributed by atoms with Gasteiger partial charge in [-0.3, -0.25) is 9.36 Å². The highest BCUT2D eigenvalue weighted by molar-refractivity contribution is 6.29. The Labute approximate surface area is 191 Å². The van der Waals surface area contributed by atoms with Crippen molar-refractivity contribution in [1.82, 2.24) is 24.5 Å². The van der Waals surface area contributed by atoms with Crippen molar-refractivity contribution >= 4 is 17.4 Å². The van der Waals surface area contributed by atoms with Gasteiger partial charge in [-0.25, -0.2) is 18.2 Å². The summed E-state index contributed by atoms with van der Waals surface area (Å²) in [6, 6.07) is 7.63. The SMILES string of the molecule is CC1Oc2cc(cnc2N)-c2c(cnn2CC(F)F)Cn2nc(Cl)cc2-c2ccc(F)cc21. The van der Waals surface area contributed by atoms with Gasteiger partial charge in [-0.15, -0.1) is 0 Å². The van der Waals surface area contributed by atoms with Crippen LogP contribution in [0.2, 0.25) is 5.15 Å². The molecule has 5 rings (SSSR count). The van der Waals surface area contributed by atoms with Crippen molar-refractivity contribution in [2.24, 2.45) is 0 Å². The van der Waals surface area contributed by atoms with Crippen molar-refractivity contribution in [3.63, 3.8) is 0 Å². The van der Waals surface area contributed by atoms with Gasteiger partial charge < -0.3 is 10.5 Å². The molecule has 1 aliphatic rings. The third-order valence-electron chi connectivity index (χ3n) is 5.48. The quantitative estimate of drug-likeness (QED) is 0.444. The van der Waals surface area contributed by atoms with Gasteiger partial charge in [0.25, 0.3) is 6.43 Å². The lowest BCUT2D eigenvalue weighted by atomic mass is 9.99. The second kappa shape index (κ2) is 8.11. The lowest BCUT2D eigenvalue weighted by molar-refractivity contribution is 0.122. The fraction of sp³-hybridized carbons (Fsp3) is 0.227. The van der Waals surface area contributed by atoms with E-state index in [2.05, 4.69) is 15.2 Å². The van der Waals surface area contributed by atoms with Crippen LogP contribution in [0.4, 0.5) is 19.0 Å². The van der Waals surface area contributed by atoms with Gasteiger partial charge in [-0.2, -0.15) is 10.2 Å². The molecule has 1 aromatic carbocycles. The van der Waals surface area contributed by atoms with E-state index >= 15 is 0 Å². The summed E-state index contributed by atoms with van der Waals surface area (Å²) in [5.41, 5.74) is 9.44. The Bertz CT molecular complexity index is 1350. The normalized spacial score (nSPS) is 15.2. The minimum atomic E-state index is -2.61. The number of nitrogens with two attached hydrogens (primary N) is 1. The summed E-state index contributed by atoms with van der Waals surface area (Å²) in [4.78, 5) is 4.19. The molecule has 3 aromatic heterocycles. The van der Waals surface area contributed by atoms with Gasteiger partial charge in [0.05, 0.1) is 24.1 Å². The summed E-state index contributed by atoms with van der Waals surface area (Å²) in [6.07, 6.45) is -0.244. The largest absolute Gasteiger partial charge is 0.482 e. The van der Waals surface area contributed by atoms with Gasteiger partial charge >= 0.3 is 0 Å². The first-order chi connectivity index (χ1) is 15.8. The van der Waals surface area contributed by atoms with Crippen molar-refractivity contribution in [2.75, 3.05) is 5.73 Å². The van der Waals surface area contributed by atoms with Crippen LogP contribution in [0.1, 0.15) is 24.2 Å². The molecule has 0 radical (unpaired) electrons. The van der Waals surface area contributed by atoms with Gasteiger partial charge in [-0.05, 0) is 31.2 Å². The van der Waals surface area contributed by atoms with Crippen molar-refractivity contribution in [1.29, 1.82) is 0 Å². The highest BCUT2D eigenvalue weighted by Crippen LogP contribution is 2.37. The molecular weight excluding hydrogens is 457 g/mol. The maximum atomic E-state index is 14.2. The molecule has 0 amide bonds. The predicted molar refractivity (Wildman–Crippen MR) is 117 cm³/mol. The molecule has 0 aliphatic carbocycles. The summed E-state index contributed by atoms with van der Waals surface area (Å²) >= 11 is 6.23. The highest BCUT2D eigenvalue weighted by atomic mass is 35.5. The number of halogens is 4. The average molecular weight is 475 g/mol. The third-order valence-corrected chi connectivity index (χ3v) is 5.67. The third kappa shape index (κ3) is 3.91. The Morgan fingerprint density at radius 2 is 2.06 bits per heavy atom. The number of hydrogen-bond donors (Lipinski definition) is 1. The summed E-state index contributed by atoms with van der Waals surface area (Å²) in [7, 11) is 0. The average Bonchev–Trinajstić information content (AvgIpc) is 3.31. The Balaban J connectivity index is 1.78. The van der Waals surface area contributed by atoms with E-state index in [1.165, 1.54) is 29.2 Å². The first-order valence-electron chi connectivity index (χ1n) is 10.1. The molecule has 4 aromatic rings. The van der Waals surface area contributed by atoms with Crippen molar-refractivity contribution in [3.8, 4) is 28.3 Å². The Morgan fingerprint density at radius 1 is 1.24 bits per heavy atom. The number of rotatable bonds is 2. The van der Waals surface area contributed by atoms with E-state index in [1.807, 2.05) is 0 Å². The second-order valence-electron chi connectivity index (χ2n) is 7.70. The molecule has 1 unspecified atom stereocenters. The number of hydrogen-bond acceptors (Lipinski definition) is 5. The number of pyridine rings is 1. The molecule has 11 heteroatoms. The molecule has 4 heterocycles. The van der Waals surface area contributed by atoms with Crippen LogP contribution in [-0.2, 0) is 13.1 Å². The van der Waals surface area contributed by atoms with Gasteiger partial charge in [0.1, 0.15) is 18.5 Å². The number of anilines is 1. The van der Waals surface area contributed by atoms with Crippen molar-refractivity contribution < 1.29 is 17.9 Å². The Kier molecular flexibility index (Phi) is 5.24. The number of nitrogen functional groups attached to an aromatic ring is 1. The number of aromatic nitrogens is 5. The lowest BCUT2D eigenvalue weighted by Gasteiger charge is -2.21. The van der Waals surface area contributed by atoms with Crippen LogP contribution >= 0.6 is 11.6 Å². The zero-order valence-electron chi connectivity index (χ0n) is 17.3. The molecule has 0 saturated heterocycles. The van der Waals surface area contributed by atoms with E-state index in [1.54, 1.807) is 29.8 Å². The van der Waals surface area contributed by atoms with Crippen molar-refractivity contribution in [3.05, 3.63) is 64.8 Å². The lowest BCUT2D eigenvalue weighted by Crippen LogP contribution is -2.13. The molecular formula is C22H18ClF3N6O. The fourth-order valence-corrected chi connectivity index (χ4v) is 4.26. The summed E-state index contributed by atoms with van der Waals surface area (Å²) in [5, 5.41) is 8.77. The number of benzene rings is 1. The monoisotopic (exact) mass is 474 g/mol. The molecule has 1 aliphatic heterocycles. The summed E-state index contributed by atoms with van der Waals surface area (Å²) in [5.74, 6) is -0.0582. The molecule has 0 saturated carbocycles. The summed E-state index contributed by atoms with van der Waals surface area (Å²) < 4.78 is 49.6. The molecule has 2 bridgehead atoms. The maximum Gasteiger partial charge on any atom is 0.257 e. The van der Waals surface area contributed by atoms with Crippen LogP contribution in [0.15, 0.2) is 42.7 Å². The maximum absolute atomic E-state index is 14.2. The van der Waals surface area contributed by atoms with Gasteiger partial charge in [-0.1, -0.05) is 11.6 Å². The van der Waals surface area contributed by atoms with Crippen LogP contribution in [-0.4, -0.2) is 31.0 Å². The molecule has 0 spiro atoms. The van der Waals surface area contributed by atoms with E-state index in [0.29, 0.717) is 33.6 Å². The zero-order chi connectivity index (χ0) is 23.3. The zero-order valence-corrected chi connectivity index (χ0v) is 18.1. The predicted octanol–water partition coefficient (Wildman–Crippen LogP) is 4.95. The minimum absolute atomic E-state index is 0.121. The van der Waals surface area contributed by atoms with E-state index in [4.69, 9.17) is 22.1 Å². The smallest absolute Gasteiger partial charge is 0.257 e. The minimum Gasteiger partial charge on any atom is -0.482 e. The second-order valence-corrected chi connectivity index (χ2v) is 8.09. The molecule has 33 heavy (non-hydrogen) atoms. The van der Waals surface area contributed by atoms with E-state index in [0.717, 1.165) is 0 Å². The van der Waals surface area contributed by atoms with E-state index in [9.17, 15) is 13.2 Å². The van der Waals surface area contributed by atoms with Gasteiger partial charge in [0.2, 0.25) is 0 Å². The first-order valence-corrected chi connectivity index (χ1v) is 10.5. The van der Waals surface area contributed by atoms with Crippen LogP contribution in [0.25, 0.3) is 22.5 Å². The van der Waals surface area contributed by atoms with Crippen LogP contribution < -0.4 is 10.5 Å². The first kappa shape index (κ1) is 21.3. The van der Waals surface area contributed by atoms with Crippen LogP contribution in [0.5, 0.6) is 5.75 Å². The van der Waals surface area contributed by atoms with E-state index < -0.39 is 24.9 Å². The van der Waals surface area contributed by atoms with Gasteiger partial charge in [0.15, 0.2) is 16.7 Å². The van der Waals surface area contributed by atoms with E-state index in [-0.39, 0.29) is 23.3 Å². The number of ether oxygens (including phenoxy) is 1. The standard InChI is InChI=1S/C22H18ClF3N6O/c1-11-16-5-14(24)2-3-15(16)17-6-19(23)30-31(17)9-13-8-29-32(10-20(25)26)21(13)12-4-18(33-11)22(27)28-7-12/h2-8,11,20H,9-10H2,1H3,(H2,27,28). The molecule has 1 atom stereocenters. The summed E-state index contributed by atoms with van der Waals surface area (Å²) in [6.45, 7) is 1.35. The Hall–Kier alpha value is -3.53. The van der Waals surface area contributed by atoms with Gasteiger partial charge in [0, 0.05) is 34.5 Å². The molecule has 170 valence electrons. The van der Waals surface area contributed by atoms with Crippen molar-refractivity contribution in [2.45, 2.75) is 32.5 Å². The topological polar surface area (TPSA) is 83.8 Å².